The molecule has 0 saturated carbocycles. The van der Waals surface area contributed by atoms with Gasteiger partial charge in [0.1, 0.15) is 11.3 Å². The third kappa shape index (κ3) is 2.26. The normalized spacial score (nSPS) is 16.9. The standard InChI is InChI=1S/C14H18N2O3/c1-18-12-4-2-3-11-13(12)15-14(17)16(11)9-10-5-7-19-8-6-10/h2-4,10H,5-9H2,1H3,(H,15,17). The van der Waals surface area contributed by atoms with Crippen LogP contribution in [0.1, 0.15) is 12.8 Å². The molecule has 19 heavy (non-hydrogen) atoms. The number of fused-ring (bicyclic) bond motifs is 1. The Labute approximate surface area is 111 Å². The van der Waals surface area contributed by atoms with E-state index in [-0.39, 0.29) is 5.69 Å². The topological polar surface area (TPSA) is 56.2 Å². The van der Waals surface area contributed by atoms with Crippen LogP contribution >= 0.6 is 0 Å². The number of aromatic nitrogens is 2. The number of nitrogens with zero attached hydrogens (tertiary/aromatic N) is 1. The van der Waals surface area contributed by atoms with Crippen molar-refractivity contribution in [1.29, 1.82) is 0 Å². The summed E-state index contributed by atoms with van der Waals surface area (Å²) in [5.41, 5.74) is 1.63. The van der Waals surface area contributed by atoms with Crippen molar-refractivity contribution >= 4 is 11.0 Å². The van der Waals surface area contributed by atoms with Gasteiger partial charge in [-0.2, -0.15) is 0 Å². The van der Waals surface area contributed by atoms with Gasteiger partial charge in [0.15, 0.2) is 0 Å². The molecular weight excluding hydrogens is 244 g/mol. The molecule has 3 rings (SSSR count). The van der Waals surface area contributed by atoms with Crippen LogP contribution in [0.25, 0.3) is 11.0 Å². The summed E-state index contributed by atoms with van der Waals surface area (Å²) in [7, 11) is 1.61. The van der Waals surface area contributed by atoms with Gasteiger partial charge in [0.05, 0.1) is 12.6 Å². The summed E-state index contributed by atoms with van der Waals surface area (Å²) in [5, 5.41) is 0. The summed E-state index contributed by atoms with van der Waals surface area (Å²) < 4.78 is 12.5. The predicted molar refractivity (Wildman–Crippen MR) is 72.7 cm³/mol. The lowest BCUT2D eigenvalue weighted by molar-refractivity contribution is 0.0613. The quantitative estimate of drug-likeness (QED) is 0.917. The maximum Gasteiger partial charge on any atom is 0.326 e. The Morgan fingerprint density at radius 3 is 2.95 bits per heavy atom. The van der Waals surface area contributed by atoms with E-state index >= 15 is 0 Å². The molecule has 1 aromatic carbocycles. The van der Waals surface area contributed by atoms with Crippen molar-refractivity contribution in [2.45, 2.75) is 19.4 Å². The van der Waals surface area contributed by atoms with Gasteiger partial charge in [0.2, 0.25) is 0 Å². The summed E-state index contributed by atoms with van der Waals surface area (Å²) in [6.07, 6.45) is 2.03. The zero-order valence-corrected chi connectivity index (χ0v) is 11.0. The van der Waals surface area contributed by atoms with Crippen molar-refractivity contribution in [2.75, 3.05) is 20.3 Å². The molecule has 0 unspecified atom stereocenters. The summed E-state index contributed by atoms with van der Waals surface area (Å²) in [4.78, 5) is 15.0. The molecule has 5 nitrogen and oxygen atoms in total. The molecule has 1 aromatic heterocycles. The number of nitrogens with one attached hydrogen (secondary N) is 1. The molecule has 0 amide bonds. The molecule has 0 bridgehead atoms. The van der Waals surface area contributed by atoms with E-state index in [2.05, 4.69) is 4.98 Å². The Morgan fingerprint density at radius 2 is 2.21 bits per heavy atom. The maximum atomic E-state index is 12.1. The van der Waals surface area contributed by atoms with Crippen LogP contribution in [0, 0.1) is 5.92 Å². The van der Waals surface area contributed by atoms with Gasteiger partial charge >= 0.3 is 5.69 Å². The van der Waals surface area contributed by atoms with Gasteiger partial charge in [-0.05, 0) is 30.9 Å². The Kier molecular flexibility index (Phi) is 3.29. The van der Waals surface area contributed by atoms with Crippen LogP contribution < -0.4 is 10.4 Å². The Bertz CT molecular complexity index is 623. The van der Waals surface area contributed by atoms with Crippen molar-refractivity contribution in [3.05, 3.63) is 28.7 Å². The van der Waals surface area contributed by atoms with Crippen LogP contribution in [0.3, 0.4) is 0 Å². The molecule has 1 saturated heterocycles. The maximum absolute atomic E-state index is 12.1. The van der Waals surface area contributed by atoms with Gasteiger partial charge in [-0.3, -0.25) is 4.57 Å². The summed E-state index contributed by atoms with van der Waals surface area (Å²) in [6, 6.07) is 5.72. The third-order valence-electron chi connectivity index (χ3n) is 3.77. The van der Waals surface area contributed by atoms with Crippen molar-refractivity contribution in [3.8, 4) is 5.75 Å². The van der Waals surface area contributed by atoms with E-state index in [0.29, 0.717) is 11.7 Å². The molecule has 1 fully saturated rings. The monoisotopic (exact) mass is 262 g/mol. The number of benzene rings is 1. The van der Waals surface area contributed by atoms with E-state index in [4.69, 9.17) is 9.47 Å². The number of ether oxygens (including phenoxy) is 2. The number of hydrogen-bond donors (Lipinski definition) is 1. The highest BCUT2D eigenvalue weighted by Gasteiger charge is 2.18. The second kappa shape index (κ2) is 5.09. The lowest BCUT2D eigenvalue weighted by Gasteiger charge is -2.22. The second-order valence-corrected chi connectivity index (χ2v) is 4.95. The van der Waals surface area contributed by atoms with Crippen molar-refractivity contribution in [3.63, 3.8) is 0 Å². The molecule has 1 N–H and O–H groups in total. The molecule has 0 aliphatic carbocycles. The van der Waals surface area contributed by atoms with Crippen LogP contribution in [0.4, 0.5) is 0 Å². The average molecular weight is 262 g/mol. The summed E-state index contributed by atoms with van der Waals surface area (Å²) in [5.74, 6) is 1.22. The molecule has 0 atom stereocenters. The zero-order chi connectivity index (χ0) is 13.2. The van der Waals surface area contributed by atoms with Crippen LogP contribution in [0.2, 0.25) is 0 Å². The second-order valence-electron chi connectivity index (χ2n) is 4.95. The molecule has 5 heteroatoms. The highest BCUT2D eigenvalue weighted by molar-refractivity contribution is 5.81. The lowest BCUT2D eigenvalue weighted by Crippen LogP contribution is -2.25. The van der Waals surface area contributed by atoms with Crippen molar-refractivity contribution in [1.82, 2.24) is 9.55 Å². The molecule has 1 aliphatic rings. The number of rotatable bonds is 3. The van der Waals surface area contributed by atoms with Gasteiger partial charge in [0.25, 0.3) is 0 Å². The van der Waals surface area contributed by atoms with Gasteiger partial charge in [-0.25, -0.2) is 4.79 Å². The molecule has 1 aliphatic heterocycles. The van der Waals surface area contributed by atoms with E-state index in [1.54, 1.807) is 7.11 Å². The highest BCUT2D eigenvalue weighted by Crippen LogP contribution is 2.24. The first-order valence-electron chi connectivity index (χ1n) is 6.63. The Balaban J connectivity index is 1.98. The first-order valence-corrected chi connectivity index (χ1v) is 6.63. The summed E-state index contributed by atoms with van der Waals surface area (Å²) >= 11 is 0. The van der Waals surface area contributed by atoms with Crippen LogP contribution in [-0.4, -0.2) is 29.9 Å². The number of imidazole rings is 1. The van der Waals surface area contributed by atoms with E-state index < -0.39 is 0 Å². The lowest BCUT2D eigenvalue weighted by atomic mass is 10.0. The predicted octanol–water partition coefficient (Wildman–Crippen LogP) is 1.76. The number of methoxy groups -OCH3 is 1. The number of aromatic amines is 1. The smallest absolute Gasteiger partial charge is 0.326 e. The molecule has 2 aromatic rings. The summed E-state index contributed by atoms with van der Waals surface area (Å²) in [6.45, 7) is 2.34. The largest absolute Gasteiger partial charge is 0.494 e. The fourth-order valence-electron chi connectivity index (χ4n) is 2.69. The molecule has 0 spiro atoms. The highest BCUT2D eigenvalue weighted by atomic mass is 16.5. The zero-order valence-electron chi connectivity index (χ0n) is 11.0. The number of hydrogen-bond acceptors (Lipinski definition) is 3. The third-order valence-corrected chi connectivity index (χ3v) is 3.77. The minimum absolute atomic E-state index is 0.0639. The fourth-order valence-corrected chi connectivity index (χ4v) is 2.69. The number of para-hydroxylation sites is 1. The van der Waals surface area contributed by atoms with Gasteiger partial charge < -0.3 is 14.5 Å². The Morgan fingerprint density at radius 1 is 1.42 bits per heavy atom. The van der Waals surface area contributed by atoms with Gasteiger partial charge in [-0.15, -0.1) is 0 Å². The molecular formula is C14H18N2O3. The van der Waals surface area contributed by atoms with Crippen LogP contribution in [0.5, 0.6) is 5.75 Å². The molecule has 0 radical (unpaired) electrons. The van der Waals surface area contributed by atoms with E-state index in [0.717, 1.165) is 43.6 Å². The molecule has 102 valence electrons. The van der Waals surface area contributed by atoms with E-state index in [1.807, 2.05) is 22.8 Å². The first-order chi connectivity index (χ1) is 9.29. The fraction of sp³-hybridized carbons (Fsp3) is 0.500. The Hall–Kier alpha value is -1.75. The van der Waals surface area contributed by atoms with Crippen molar-refractivity contribution in [2.24, 2.45) is 5.92 Å². The molecule has 2 heterocycles. The van der Waals surface area contributed by atoms with Gasteiger partial charge in [-0.1, -0.05) is 6.07 Å². The minimum atomic E-state index is -0.0639. The van der Waals surface area contributed by atoms with Crippen LogP contribution in [-0.2, 0) is 11.3 Å². The van der Waals surface area contributed by atoms with Gasteiger partial charge in [0, 0.05) is 19.8 Å². The minimum Gasteiger partial charge on any atom is -0.494 e. The van der Waals surface area contributed by atoms with Crippen molar-refractivity contribution < 1.29 is 9.47 Å². The first kappa shape index (κ1) is 12.3. The van der Waals surface area contributed by atoms with Crippen LogP contribution in [0.15, 0.2) is 23.0 Å². The van der Waals surface area contributed by atoms with E-state index in [9.17, 15) is 4.79 Å². The average Bonchev–Trinajstić information content (AvgIpc) is 2.76. The number of H-pyrrole nitrogens is 1. The van der Waals surface area contributed by atoms with E-state index in [1.165, 1.54) is 0 Å². The SMILES string of the molecule is COc1cccc2c1[nH]c(=O)n2CC1CCOCC1.